The zero-order valence-corrected chi connectivity index (χ0v) is 16.4. The third-order valence-electron chi connectivity index (χ3n) is 3.59. The third kappa shape index (κ3) is 4.05. The van der Waals surface area contributed by atoms with E-state index in [1.54, 1.807) is 6.92 Å². The molecule has 0 aromatic carbocycles. The number of thiophene rings is 1. The SMILES string of the molecule is CCc1nnc(SCC(=O)Nc2sc(C(N)=O)c(C)c2C(=O)OC)n1C. The van der Waals surface area contributed by atoms with E-state index in [2.05, 4.69) is 15.5 Å². The van der Waals surface area contributed by atoms with Crippen LogP contribution in [0.25, 0.3) is 0 Å². The molecule has 0 saturated carbocycles. The number of thioether (sulfide) groups is 1. The molecule has 26 heavy (non-hydrogen) atoms. The molecule has 0 radical (unpaired) electrons. The highest BCUT2D eigenvalue weighted by atomic mass is 32.2. The Morgan fingerprint density at radius 3 is 2.58 bits per heavy atom. The van der Waals surface area contributed by atoms with Gasteiger partial charge in [-0.1, -0.05) is 18.7 Å². The maximum absolute atomic E-state index is 12.3. The Kier molecular flexibility index (Phi) is 6.37. The highest BCUT2D eigenvalue weighted by Gasteiger charge is 2.25. The number of aromatic nitrogens is 3. The highest BCUT2D eigenvalue weighted by Crippen LogP contribution is 2.33. The Morgan fingerprint density at radius 2 is 2.04 bits per heavy atom. The second-order valence-corrected chi connectivity index (χ2v) is 7.23. The van der Waals surface area contributed by atoms with Crippen LogP contribution in [0.5, 0.6) is 0 Å². The molecule has 2 aromatic heterocycles. The van der Waals surface area contributed by atoms with Crippen LogP contribution >= 0.6 is 23.1 Å². The van der Waals surface area contributed by atoms with Crippen LogP contribution in [-0.2, 0) is 23.0 Å². The van der Waals surface area contributed by atoms with Gasteiger partial charge in [0.1, 0.15) is 10.8 Å². The Morgan fingerprint density at radius 1 is 1.35 bits per heavy atom. The summed E-state index contributed by atoms with van der Waals surface area (Å²) in [7, 11) is 3.06. The molecular weight excluding hydrogens is 378 g/mol. The van der Waals surface area contributed by atoms with Crippen molar-refractivity contribution in [3.8, 4) is 0 Å². The summed E-state index contributed by atoms with van der Waals surface area (Å²) in [6.45, 7) is 3.55. The standard InChI is InChI=1S/C15H19N5O4S2/c1-5-8-18-19-15(20(8)3)25-6-9(21)17-13-10(14(23)24-4)7(2)11(26-13)12(16)22/h5-6H2,1-4H3,(H2,16,22)(H,17,21). The van der Waals surface area contributed by atoms with Crippen LogP contribution in [0.15, 0.2) is 5.16 Å². The van der Waals surface area contributed by atoms with E-state index in [0.717, 1.165) is 23.6 Å². The summed E-state index contributed by atoms with van der Waals surface area (Å²) in [5.74, 6) is -0.771. The van der Waals surface area contributed by atoms with Gasteiger partial charge in [-0.2, -0.15) is 0 Å². The van der Waals surface area contributed by atoms with Crippen LogP contribution in [0.1, 0.15) is 38.3 Å². The van der Waals surface area contributed by atoms with Crippen molar-refractivity contribution >= 4 is 45.9 Å². The van der Waals surface area contributed by atoms with E-state index in [1.165, 1.54) is 18.9 Å². The first-order valence-electron chi connectivity index (χ1n) is 7.62. The summed E-state index contributed by atoms with van der Waals surface area (Å²) in [5, 5.41) is 11.6. The number of esters is 1. The first-order chi connectivity index (χ1) is 12.3. The van der Waals surface area contributed by atoms with Gasteiger partial charge in [-0.3, -0.25) is 9.59 Å². The molecule has 11 heteroatoms. The van der Waals surface area contributed by atoms with Crippen LogP contribution in [-0.4, -0.2) is 45.4 Å². The Balaban J connectivity index is 2.15. The summed E-state index contributed by atoms with van der Waals surface area (Å²) in [5.41, 5.74) is 5.84. The second kappa shape index (κ2) is 8.32. The average Bonchev–Trinajstić information content (AvgIpc) is 3.12. The second-order valence-electron chi connectivity index (χ2n) is 5.26. The van der Waals surface area contributed by atoms with E-state index in [9.17, 15) is 14.4 Å². The minimum Gasteiger partial charge on any atom is -0.465 e. The van der Waals surface area contributed by atoms with Crippen LogP contribution in [0.3, 0.4) is 0 Å². The van der Waals surface area contributed by atoms with Gasteiger partial charge in [-0.15, -0.1) is 21.5 Å². The lowest BCUT2D eigenvalue weighted by Gasteiger charge is -2.06. The molecule has 0 fully saturated rings. The molecule has 0 unspecified atom stereocenters. The number of amides is 2. The van der Waals surface area contributed by atoms with E-state index in [0.29, 0.717) is 10.7 Å². The number of primary amides is 1. The van der Waals surface area contributed by atoms with Crippen LogP contribution in [0.2, 0.25) is 0 Å². The van der Waals surface area contributed by atoms with Crippen LogP contribution in [0.4, 0.5) is 5.00 Å². The Bertz CT molecular complexity index is 859. The fourth-order valence-corrected chi connectivity index (χ4v) is 4.05. The normalized spacial score (nSPS) is 10.6. The van der Waals surface area contributed by atoms with Gasteiger partial charge in [0, 0.05) is 13.5 Å². The Hall–Kier alpha value is -2.40. The number of carbonyl (C=O) groups is 3. The Labute approximate surface area is 158 Å². The van der Waals surface area contributed by atoms with Crippen molar-refractivity contribution < 1.29 is 19.1 Å². The average molecular weight is 397 g/mol. The number of ether oxygens (including phenoxy) is 1. The fourth-order valence-electron chi connectivity index (χ4n) is 2.26. The number of nitrogens with zero attached hydrogens (tertiary/aromatic N) is 3. The molecule has 0 saturated heterocycles. The topological polar surface area (TPSA) is 129 Å². The molecule has 2 heterocycles. The largest absolute Gasteiger partial charge is 0.465 e. The molecule has 3 N–H and O–H groups in total. The van der Waals surface area contributed by atoms with E-state index in [4.69, 9.17) is 10.5 Å². The molecule has 2 amide bonds. The van der Waals surface area contributed by atoms with Crippen molar-refractivity contribution in [1.29, 1.82) is 0 Å². The minimum absolute atomic E-state index is 0.0686. The molecule has 2 aromatic rings. The molecule has 0 aliphatic carbocycles. The van der Waals surface area contributed by atoms with Crippen molar-refractivity contribution in [2.24, 2.45) is 12.8 Å². The predicted octanol–water partition coefficient (Wildman–Crippen LogP) is 1.36. The molecule has 0 spiro atoms. The van der Waals surface area contributed by atoms with Crippen molar-refractivity contribution in [1.82, 2.24) is 14.8 Å². The summed E-state index contributed by atoms with van der Waals surface area (Å²) in [6.07, 6.45) is 0.739. The summed E-state index contributed by atoms with van der Waals surface area (Å²) in [6, 6.07) is 0. The number of nitrogens with two attached hydrogens (primary N) is 1. The predicted molar refractivity (Wildman–Crippen MR) is 98.6 cm³/mol. The van der Waals surface area contributed by atoms with Gasteiger partial charge in [-0.05, 0) is 12.5 Å². The minimum atomic E-state index is -0.668. The quantitative estimate of drug-likeness (QED) is 0.533. The van der Waals surface area contributed by atoms with Crippen molar-refractivity contribution in [3.63, 3.8) is 0 Å². The van der Waals surface area contributed by atoms with Crippen molar-refractivity contribution in [3.05, 3.63) is 21.8 Å². The van der Waals surface area contributed by atoms with Crippen LogP contribution < -0.4 is 11.1 Å². The first kappa shape index (κ1) is 19.9. The molecular formula is C15H19N5O4S2. The van der Waals surface area contributed by atoms with Gasteiger partial charge in [0.15, 0.2) is 5.16 Å². The number of hydrogen-bond donors (Lipinski definition) is 2. The first-order valence-corrected chi connectivity index (χ1v) is 9.42. The smallest absolute Gasteiger partial charge is 0.341 e. The molecule has 9 nitrogen and oxygen atoms in total. The number of anilines is 1. The van der Waals surface area contributed by atoms with E-state index in [1.807, 2.05) is 18.5 Å². The van der Waals surface area contributed by atoms with E-state index < -0.39 is 11.9 Å². The maximum Gasteiger partial charge on any atom is 0.341 e. The van der Waals surface area contributed by atoms with Crippen molar-refractivity contribution in [2.75, 3.05) is 18.2 Å². The third-order valence-corrected chi connectivity index (χ3v) is 5.83. The lowest BCUT2D eigenvalue weighted by atomic mass is 10.1. The molecule has 0 aliphatic heterocycles. The highest BCUT2D eigenvalue weighted by molar-refractivity contribution is 7.99. The summed E-state index contributed by atoms with van der Waals surface area (Å²) >= 11 is 2.17. The van der Waals surface area contributed by atoms with E-state index >= 15 is 0 Å². The molecule has 0 atom stereocenters. The number of rotatable bonds is 7. The molecule has 0 bridgehead atoms. The zero-order chi connectivity index (χ0) is 19.4. The van der Waals surface area contributed by atoms with Gasteiger partial charge in [0.05, 0.1) is 23.3 Å². The van der Waals surface area contributed by atoms with Gasteiger partial charge >= 0.3 is 5.97 Å². The summed E-state index contributed by atoms with van der Waals surface area (Å²) < 4.78 is 6.55. The fraction of sp³-hybridized carbons (Fsp3) is 0.400. The van der Waals surface area contributed by atoms with Crippen LogP contribution in [0, 0.1) is 6.92 Å². The molecule has 140 valence electrons. The number of methoxy groups -OCH3 is 1. The van der Waals surface area contributed by atoms with E-state index in [-0.39, 0.29) is 27.1 Å². The number of nitrogens with one attached hydrogen (secondary N) is 1. The summed E-state index contributed by atoms with van der Waals surface area (Å²) in [4.78, 5) is 36.0. The van der Waals surface area contributed by atoms with Crippen molar-refractivity contribution in [2.45, 2.75) is 25.4 Å². The number of aryl methyl sites for hydroxylation is 1. The van der Waals surface area contributed by atoms with Gasteiger partial charge in [0.25, 0.3) is 5.91 Å². The monoisotopic (exact) mass is 397 g/mol. The maximum atomic E-state index is 12.3. The van der Waals surface area contributed by atoms with Gasteiger partial charge in [-0.25, -0.2) is 4.79 Å². The van der Waals surface area contributed by atoms with Gasteiger partial charge in [0.2, 0.25) is 5.91 Å². The zero-order valence-electron chi connectivity index (χ0n) is 14.8. The number of hydrogen-bond acceptors (Lipinski definition) is 8. The lowest BCUT2D eigenvalue weighted by Crippen LogP contribution is -2.16. The molecule has 0 aliphatic rings. The lowest BCUT2D eigenvalue weighted by molar-refractivity contribution is -0.113. The molecule has 2 rings (SSSR count). The van der Waals surface area contributed by atoms with Gasteiger partial charge < -0.3 is 20.4 Å². The number of carbonyl (C=O) groups excluding carboxylic acids is 3.